The quantitative estimate of drug-likeness (QED) is 0.667. The average Bonchev–Trinajstić information content (AvgIpc) is 2.39. The fourth-order valence-electron chi connectivity index (χ4n) is 2.43. The van der Waals surface area contributed by atoms with Gasteiger partial charge < -0.3 is 5.73 Å². The summed E-state index contributed by atoms with van der Waals surface area (Å²) in [6.07, 6.45) is 1.40. The van der Waals surface area contributed by atoms with Crippen molar-refractivity contribution in [2.24, 2.45) is 11.7 Å². The van der Waals surface area contributed by atoms with E-state index in [4.69, 9.17) is 5.73 Å². The summed E-state index contributed by atoms with van der Waals surface area (Å²) < 4.78 is 13.5. The number of nitrogens with two attached hydrogens (primary N) is 1. The second kappa shape index (κ2) is 5.96. The largest absolute Gasteiger partial charge is 0.369 e. The zero-order chi connectivity index (χ0) is 14.7. The molecule has 1 aromatic carbocycles. The molecule has 0 atom stereocenters. The van der Waals surface area contributed by atoms with Crippen LogP contribution in [0.1, 0.15) is 18.4 Å². The standard InChI is InChI=1S/C13H16FN3O3/c14-11-7-9(1-2-12(11)17(19)20)8-16-5-3-10(4-6-16)13(15)18/h1-2,7,10H,3-6,8H2,(H2,15,18). The van der Waals surface area contributed by atoms with Crippen LogP contribution in [-0.2, 0) is 11.3 Å². The highest BCUT2D eigenvalue weighted by Crippen LogP contribution is 2.22. The van der Waals surface area contributed by atoms with Crippen LogP contribution in [-0.4, -0.2) is 28.8 Å². The van der Waals surface area contributed by atoms with E-state index in [9.17, 15) is 19.3 Å². The Morgan fingerprint density at radius 3 is 2.60 bits per heavy atom. The van der Waals surface area contributed by atoms with Gasteiger partial charge in [0, 0.05) is 18.5 Å². The normalized spacial score (nSPS) is 17.1. The van der Waals surface area contributed by atoms with E-state index in [1.54, 1.807) is 6.07 Å². The predicted octanol–water partition coefficient (Wildman–Crippen LogP) is 1.43. The molecule has 0 unspecified atom stereocenters. The number of nitro groups is 1. The number of nitro benzene ring substituents is 1. The topological polar surface area (TPSA) is 89.5 Å². The Labute approximate surface area is 115 Å². The molecular weight excluding hydrogens is 265 g/mol. The summed E-state index contributed by atoms with van der Waals surface area (Å²) in [6.45, 7) is 1.94. The van der Waals surface area contributed by atoms with E-state index >= 15 is 0 Å². The van der Waals surface area contributed by atoms with E-state index in [0.717, 1.165) is 0 Å². The molecule has 0 aliphatic carbocycles. The molecule has 0 bridgehead atoms. The molecule has 6 nitrogen and oxygen atoms in total. The van der Waals surface area contributed by atoms with Crippen LogP contribution < -0.4 is 5.73 Å². The van der Waals surface area contributed by atoms with E-state index < -0.39 is 16.4 Å². The second-order valence-electron chi connectivity index (χ2n) is 5.00. The van der Waals surface area contributed by atoms with Gasteiger partial charge in [-0.2, -0.15) is 4.39 Å². The zero-order valence-electron chi connectivity index (χ0n) is 10.9. The average molecular weight is 281 g/mol. The molecule has 1 fully saturated rings. The first kappa shape index (κ1) is 14.4. The van der Waals surface area contributed by atoms with Crippen molar-refractivity contribution in [1.82, 2.24) is 4.90 Å². The third-order valence-electron chi connectivity index (χ3n) is 3.60. The number of benzene rings is 1. The number of piperidine rings is 1. The van der Waals surface area contributed by atoms with Gasteiger partial charge in [0.2, 0.25) is 11.7 Å². The number of likely N-dealkylation sites (tertiary alicyclic amines) is 1. The van der Waals surface area contributed by atoms with Gasteiger partial charge in [0.25, 0.3) is 0 Å². The monoisotopic (exact) mass is 281 g/mol. The third-order valence-corrected chi connectivity index (χ3v) is 3.60. The van der Waals surface area contributed by atoms with Gasteiger partial charge in [-0.25, -0.2) is 0 Å². The minimum absolute atomic E-state index is 0.0835. The van der Waals surface area contributed by atoms with E-state index in [1.807, 2.05) is 0 Å². The minimum atomic E-state index is -0.820. The third kappa shape index (κ3) is 3.30. The Morgan fingerprint density at radius 1 is 1.45 bits per heavy atom. The van der Waals surface area contributed by atoms with Crippen molar-refractivity contribution in [1.29, 1.82) is 0 Å². The first-order valence-corrected chi connectivity index (χ1v) is 6.42. The van der Waals surface area contributed by atoms with E-state index in [2.05, 4.69) is 4.90 Å². The Morgan fingerprint density at radius 2 is 2.10 bits per heavy atom. The first-order chi connectivity index (χ1) is 9.47. The maximum atomic E-state index is 13.5. The van der Waals surface area contributed by atoms with Crippen molar-refractivity contribution in [3.05, 3.63) is 39.7 Å². The molecular formula is C13H16FN3O3. The summed E-state index contributed by atoms with van der Waals surface area (Å²) >= 11 is 0. The molecule has 7 heteroatoms. The fraction of sp³-hybridized carbons (Fsp3) is 0.462. The Kier molecular flexibility index (Phi) is 4.29. The Hall–Kier alpha value is -2.02. The highest BCUT2D eigenvalue weighted by atomic mass is 19.1. The van der Waals surface area contributed by atoms with Gasteiger partial charge in [-0.1, -0.05) is 6.07 Å². The molecule has 20 heavy (non-hydrogen) atoms. The lowest BCUT2D eigenvalue weighted by Crippen LogP contribution is -2.38. The first-order valence-electron chi connectivity index (χ1n) is 6.42. The molecule has 108 valence electrons. The molecule has 0 saturated carbocycles. The summed E-state index contributed by atoms with van der Waals surface area (Å²) in [5, 5.41) is 10.5. The highest BCUT2D eigenvalue weighted by molar-refractivity contribution is 5.76. The van der Waals surface area contributed by atoms with Crippen molar-refractivity contribution in [3.8, 4) is 0 Å². The summed E-state index contributed by atoms with van der Waals surface area (Å²) in [5.41, 5.74) is 5.43. The molecule has 1 saturated heterocycles. The van der Waals surface area contributed by atoms with Crippen LogP contribution in [0.15, 0.2) is 18.2 Å². The summed E-state index contributed by atoms with van der Waals surface area (Å²) in [7, 11) is 0. The number of halogens is 1. The number of hydrogen-bond donors (Lipinski definition) is 1. The van der Waals surface area contributed by atoms with Crippen LogP contribution in [0, 0.1) is 21.8 Å². The van der Waals surface area contributed by atoms with Crippen LogP contribution in [0.2, 0.25) is 0 Å². The number of rotatable bonds is 4. The van der Waals surface area contributed by atoms with Gasteiger partial charge in [-0.05, 0) is 37.6 Å². The lowest BCUT2D eigenvalue weighted by Gasteiger charge is -2.30. The second-order valence-corrected chi connectivity index (χ2v) is 5.00. The van der Waals surface area contributed by atoms with Gasteiger partial charge in [0.1, 0.15) is 0 Å². The van der Waals surface area contributed by atoms with Crippen LogP contribution in [0.4, 0.5) is 10.1 Å². The van der Waals surface area contributed by atoms with Crippen molar-refractivity contribution in [2.75, 3.05) is 13.1 Å². The molecule has 1 heterocycles. The van der Waals surface area contributed by atoms with Crippen LogP contribution in [0.5, 0.6) is 0 Å². The molecule has 1 aliphatic heterocycles. The summed E-state index contributed by atoms with van der Waals surface area (Å²) in [4.78, 5) is 22.9. The van der Waals surface area contributed by atoms with Gasteiger partial charge in [-0.15, -0.1) is 0 Å². The van der Waals surface area contributed by atoms with Gasteiger partial charge in [0.15, 0.2) is 0 Å². The Balaban J connectivity index is 1.96. The van der Waals surface area contributed by atoms with Crippen molar-refractivity contribution in [3.63, 3.8) is 0 Å². The highest BCUT2D eigenvalue weighted by Gasteiger charge is 2.23. The summed E-state index contributed by atoms with van der Waals surface area (Å²) in [6, 6.07) is 3.93. The van der Waals surface area contributed by atoms with E-state index in [1.165, 1.54) is 12.1 Å². The lowest BCUT2D eigenvalue weighted by molar-refractivity contribution is -0.387. The smallest absolute Gasteiger partial charge is 0.304 e. The van der Waals surface area contributed by atoms with Crippen molar-refractivity contribution < 1.29 is 14.1 Å². The number of nitrogens with zero attached hydrogens (tertiary/aromatic N) is 2. The minimum Gasteiger partial charge on any atom is -0.369 e. The number of carbonyl (C=O) groups excluding carboxylic acids is 1. The molecule has 2 rings (SSSR count). The molecule has 2 N–H and O–H groups in total. The lowest BCUT2D eigenvalue weighted by atomic mass is 9.96. The van der Waals surface area contributed by atoms with Gasteiger partial charge in [-0.3, -0.25) is 19.8 Å². The van der Waals surface area contributed by atoms with Crippen molar-refractivity contribution in [2.45, 2.75) is 19.4 Å². The molecule has 0 spiro atoms. The van der Waals surface area contributed by atoms with E-state index in [0.29, 0.717) is 38.0 Å². The van der Waals surface area contributed by atoms with Gasteiger partial charge >= 0.3 is 5.69 Å². The number of hydrogen-bond acceptors (Lipinski definition) is 4. The van der Waals surface area contributed by atoms with Crippen LogP contribution >= 0.6 is 0 Å². The molecule has 0 radical (unpaired) electrons. The summed E-state index contributed by atoms with van der Waals surface area (Å²) in [5.74, 6) is -1.18. The number of primary amides is 1. The Bertz CT molecular complexity index is 528. The SMILES string of the molecule is NC(=O)C1CCN(Cc2ccc([N+](=O)[O-])c(F)c2)CC1. The molecule has 0 aromatic heterocycles. The molecule has 1 aromatic rings. The van der Waals surface area contributed by atoms with Crippen LogP contribution in [0.25, 0.3) is 0 Å². The maximum Gasteiger partial charge on any atom is 0.304 e. The number of amides is 1. The molecule has 1 amide bonds. The maximum absolute atomic E-state index is 13.5. The zero-order valence-corrected chi connectivity index (χ0v) is 10.9. The number of carbonyl (C=O) groups is 1. The predicted molar refractivity (Wildman–Crippen MR) is 70.2 cm³/mol. The van der Waals surface area contributed by atoms with E-state index in [-0.39, 0.29) is 11.8 Å². The van der Waals surface area contributed by atoms with Crippen LogP contribution in [0.3, 0.4) is 0 Å². The van der Waals surface area contributed by atoms with Crippen molar-refractivity contribution >= 4 is 11.6 Å². The van der Waals surface area contributed by atoms with Gasteiger partial charge in [0.05, 0.1) is 4.92 Å². The fourth-order valence-corrected chi connectivity index (χ4v) is 2.43. The molecule has 1 aliphatic rings.